The number of fused-ring (bicyclic) bond motifs is 1. The maximum Gasteiger partial charge on any atom is 0.291 e. The second-order valence-electron chi connectivity index (χ2n) is 5.00. The van der Waals surface area contributed by atoms with Gasteiger partial charge in [-0.15, -0.1) is 0 Å². The van der Waals surface area contributed by atoms with Crippen LogP contribution in [0.4, 0.5) is 0 Å². The number of hydrogen-bond donors (Lipinski definition) is 1. The lowest BCUT2D eigenvalue weighted by molar-refractivity contribution is 0.498. The summed E-state index contributed by atoms with van der Waals surface area (Å²) in [7, 11) is -3.76. The Kier molecular flexibility index (Phi) is 3.82. The molecule has 0 spiro atoms. The molecule has 0 aromatic carbocycles. The van der Waals surface area contributed by atoms with Gasteiger partial charge in [-0.3, -0.25) is 9.20 Å². The number of sulfonamides is 1. The van der Waals surface area contributed by atoms with Crippen LogP contribution in [0.15, 0.2) is 44.8 Å². The van der Waals surface area contributed by atoms with Crippen molar-refractivity contribution < 1.29 is 12.8 Å². The van der Waals surface area contributed by atoms with Crippen molar-refractivity contribution in [3.63, 3.8) is 0 Å². The molecule has 0 unspecified atom stereocenters. The van der Waals surface area contributed by atoms with Gasteiger partial charge in [-0.25, -0.2) is 17.8 Å². The standard InChI is InChI=1S/C14H16N4O4S/c1-3-18-14(19)13-7-12(9-17(13)10(2)16-18)23(20,21)15-8-11-5-4-6-22-11/h4-7,9,15H,3,8H2,1-2H3. The Morgan fingerprint density at radius 1 is 1.39 bits per heavy atom. The van der Waals surface area contributed by atoms with Gasteiger partial charge >= 0.3 is 0 Å². The van der Waals surface area contributed by atoms with Gasteiger partial charge in [0.2, 0.25) is 10.0 Å². The van der Waals surface area contributed by atoms with E-state index in [4.69, 9.17) is 4.42 Å². The van der Waals surface area contributed by atoms with Crippen LogP contribution in [0.2, 0.25) is 0 Å². The predicted octanol–water partition coefficient (Wildman–Crippen LogP) is 0.896. The molecule has 0 saturated heterocycles. The maximum absolute atomic E-state index is 12.4. The SMILES string of the molecule is CCn1nc(C)n2cc(S(=O)(=O)NCc3ccco3)cc2c1=O. The zero-order valence-electron chi connectivity index (χ0n) is 12.7. The minimum Gasteiger partial charge on any atom is -0.468 e. The Bertz CT molecular complexity index is 999. The van der Waals surface area contributed by atoms with Crippen LogP contribution in [-0.2, 0) is 23.1 Å². The monoisotopic (exact) mass is 336 g/mol. The van der Waals surface area contributed by atoms with Crippen molar-refractivity contribution in [3.8, 4) is 0 Å². The van der Waals surface area contributed by atoms with Gasteiger partial charge in [0.05, 0.1) is 12.8 Å². The number of rotatable bonds is 5. The van der Waals surface area contributed by atoms with Gasteiger partial charge in [-0.2, -0.15) is 5.10 Å². The van der Waals surface area contributed by atoms with Crippen molar-refractivity contribution in [2.75, 3.05) is 0 Å². The fourth-order valence-electron chi connectivity index (χ4n) is 2.30. The van der Waals surface area contributed by atoms with E-state index in [1.54, 1.807) is 26.0 Å². The quantitative estimate of drug-likeness (QED) is 0.746. The Morgan fingerprint density at radius 2 is 2.17 bits per heavy atom. The molecule has 0 amide bonds. The van der Waals surface area contributed by atoms with Crippen LogP contribution < -0.4 is 10.3 Å². The molecule has 3 aromatic heterocycles. The van der Waals surface area contributed by atoms with Gasteiger partial charge in [-0.05, 0) is 32.0 Å². The van der Waals surface area contributed by atoms with Crippen molar-refractivity contribution in [1.82, 2.24) is 18.9 Å². The normalized spacial score (nSPS) is 12.1. The number of nitrogens with one attached hydrogen (secondary N) is 1. The number of nitrogens with zero attached hydrogens (tertiary/aromatic N) is 3. The van der Waals surface area contributed by atoms with Gasteiger partial charge in [0.15, 0.2) is 0 Å². The van der Waals surface area contributed by atoms with Crippen LogP contribution >= 0.6 is 0 Å². The molecule has 8 nitrogen and oxygen atoms in total. The number of aromatic nitrogens is 3. The molecule has 0 radical (unpaired) electrons. The van der Waals surface area contributed by atoms with Gasteiger partial charge in [0.1, 0.15) is 22.0 Å². The van der Waals surface area contributed by atoms with Crippen molar-refractivity contribution in [3.05, 3.63) is 52.6 Å². The van der Waals surface area contributed by atoms with Gasteiger partial charge in [-0.1, -0.05) is 0 Å². The van der Waals surface area contributed by atoms with Crippen molar-refractivity contribution >= 4 is 15.5 Å². The molecule has 0 aliphatic rings. The summed E-state index contributed by atoms with van der Waals surface area (Å²) in [5, 5.41) is 4.14. The highest BCUT2D eigenvalue weighted by atomic mass is 32.2. The fourth-order valence-corrected chi connectivity index (χ4v) is 3.31. The molecule has 9 heteroatoms. The lowest BCUT2D eigenvalue weighted by Gasteiger charge is -2.04. The van der Waals surface area contributed by atoms with Crippen molar-refractivity contribution in [2.45, 2.75) is 31.8 Å². The Hall–Kier alpha value is -2.39. The first-order valence-electron chi connectivity index (χ1n) is 7.04. The highest BCUT2D eigenvalue weighted by Gasteiger charge is 2.19. The van der Waals surface area contributed by atoms with Gasteiger partial charge in [0.25, 0.3) is 5.56 Å². The smallest absolute Gasteiger partial charge is 0.291 e. The molecule has 122 valence electrons. The molecule has 3 heterocycles. The minimum absolute atomic E-state index is 0.0138. The molecule has 0 fully saturated rings. The van der Waals surface area contributed by atoms with E-state index in [2.05, 4.69) is 9.82 Å². The Balaban J connectivity index is 2.01. The summed E-state index contributed by atoms with van der Waals surface area (Å²) in [6, 6.07) is 4.71. The van der Waals surface area contributed by atoms with E-state index in [9.17, 15) is 13.2 Å². The summed E-state index contributed by atoms with van der Waals surface area (Å²) in [5.74, 6) is 1.04. The molecule has 0 bridgehead atoms. The van der Waals surface area contributed by atoms with Gasteiger partial charge in [0, 0.05) is 12.7 Å². The van der Waals surface area contributed by atoms with Crippen LogP contribution in [0, 0.1) is 6.92 Å². The zero-order chi connectivity index (χ0) is 16.6. The molecule has 0 saturated carbocycles. The second-order valence-corrected chi connectivity index (χ2v) is 6.77. The second kappa shape index (κ2) is 5.67. The summed E-state index contributed by atoms with van der Waals surface area (Å²) < 4.78 is 35.1. The molecule has 0 atom stereocenters. The topological polar surface area (TPSA) is 98.6 Å². The molecule has 23 heavy (non-hydrogen) atoms. The molecule has 0 aliphatic heterocycles. The van der Waals surface area contributed by atoms with E-state index in [1.807, 2.05) is 0 Å². The van der Waals surface area contributed by atoms with Crippen molar-refractivity contribution in [1.29, 1.82) is 0 Å². The Morgan fingerprint density at radius 3 is 2.83 bits per heavy atom. The highest BCUT2D eigenvalue weighted by Crippen LogP contribution is 2.14. The third-order valence-electron chi connectivity index (χ3n) is 3.49. The van der Waals surface area contributed by atoms with Gasteiger partial charge < -0.3 is 4.42 Å². The van der Waals surface area contributed by atoms with E-state index in [1.165, 1.54) is 27.6 Å². The first-order valence-corrected chi connectivity index (χ1v) is 8.52. The average Bonchev–Trinajstić information content (AvgIpc) is 3.18. The summed E-state index contributed by atoms with van der Waals surface area (Å²) in [6.07, 6.45) is 2.86. The number of aryl methyl sites for hydroxylation is 2. The van der Waals surface area contributed by atoms with Crippen LogP contribution in [0.3, 0.4) is 0 Å². The Labute approximate surface area is 132 Å². The molecule has 0 aliphatic carbocycles. The van der Waals surface area contributed by atoms with Crippen LogP contribution in [0.25, 0.3) is 5.52 Å². The summed E-state index contributed by atoms with van der Waals surface area (Å²) in [4.78, 5) is 12.3. The van der Waals surface area contributed by atoms with E-state index < -0.39 is 10.0 Å². The molecule has 1 N–H and O–H groups in total. The van der Waals surface area contributed by atoms with E-state index >= 15 is 0 Å². The molecular weight excluding hydrogens is 320 g/mol. The van der Waals surface area contributed by atoms with E-state index in [0.717, 1.165) is 0 Å². The third kappa shape index (κ3) is 2.80. The lowest BCUT2D eigenvalue weighted by Crippen LogP contribution is -2.25. The molecular formula is C14H16N4O4S. The van der Waals surface area contributed by atoms with E-state index in [0.29, 0.717) is 18.1 Å². The minimum atomic E-state index is -3.76. The summed E-state index contributed by atoms with van der Waals surface area (Å²) >= 11 is 0. The number of hydrogen-bond acceptors (Lipinski definition) is 5. The van der Waals surface area contributed by atoms with Crippen LogP contribution in [-0.4, -0.2) is 22.6 Å². The van der Waals surface area contributed by atoms with Crippen LogP contribution in [0.5, 0.6) is 0 Å². The lowest BCUT2D eigenvalue weighted by atomic mass is 10.5. The molecule has 3 aromatic rings. The predicted molar refractivity (Wildman–Crippen MR) is 82.6 cm³/mol. The van der Waals surface area contributed by atoms with Crippen LogP contribution in [0.1, 0.15) is 18.5 Å². The molecule has 3 rings (SSSR count). The summed E-state index contributed by atoms with van der Waals surface area (Å²) in [6.45, 7) is 3.97. The summed E-state index contributed by atoms with van der Waals surface area (Å²) in [5.41, 5.74) is -0.0525. The third-order valence-corrected chi connectivity index (χ3v) is 4.86. The fraction of sp³-hybridized carbons (Fsp3) is 0.286. The van der Waals surface area contributed by atoms with Crippen molar-refractivity contribution in [2.24, 2.45) is 0 Å². The van der Waals surface area contributed by atoms with E-state index in [-0.39, 0.29) is 22.5 Å². The number of furan rings is 1. The first kappa shape index (κ1) is 15.5. The largest absolute Gasteiger partial charge is 0.468 e. The first-order chi connectivity index (χ1) is 10.9. The maximum atomic E-state index is 12.4. The average molecular weight is 336 g/mol. The highest BCUT2D eigenvalue weighted by molar-refractivity contribution is 7.89. The zero-order valence-corrected chi connectivity index (χ0v) is 13.5.